The molecule has 1 heterocycles. The van der Waals surface area contributed by atoms with E-state index in [2.05, 4.69) is 29.0 Å². The van der Waals surface area contributed by atoms with E-state index in [0.717, 1.165) is 23.5 Å². The molecule has 0 atom stereocenters. The van der Waals surface area contributed by atoms with Crippen molar-refractivity contribution in [3.63, 3.8) is 0 Å². The molecule has 0 spiro atoms. The Balaban J connectivity index is 1.92. The number of alkyl halides is 2. The van der Waals surface area contributed by atoms with Gasteiger partial charge in [-0.15, -0.1) is 0 Å². The number of aromatic nitrogens is 2. The largest absolute Gasteiger partial charge is 0.435 e. The van der Waals surface area contributed by atoms with E-state index in [-0.39, 0.29) is 11.7 Å². The zero-order chi connectivity index (χ0) is 19.3. The van der Waals surface area contributed by atoms with E-state index in [0.29, 0.717) is 24.4 Å². The third-order valence-electron chi connectivity index (χ3n) is 4.03. The van der Waals surface area contributed by atoms with Crippen LogP contribution < -0.4 is 10.1 Å². The Labute approximate surface area is 152 Å². The number of halogens is 2. The predicted molar refractivity (Wildman–Crippen MR) is 96.6 cm³/mol. The van der Waals surface area contributed by atoms with Crippen molar-refractivity contribution in [1.82, 2.24) is 9.78 Å². The molecule has 0 radical (unpaired) electrons. The third-order valence-corrected chi connectivity index (χ3v) is 4.03. The van der Waals surface area contributed by atoms with E-state index < -0.39 is 6.61 Å². The first kappa shape index (κ1) is 19.9. The summed E-state index contributed by atoms with van der Waals surface area (Å²) in [6.07, 6.45) is 0.929. The molecule has 1 aromatic carbocycles. The molecule has 5 nitrogen and oxygen atoms in total. The summed E-state index contributed by atoms with van der Waals surface area (Å²) in [4.78, 5) is 12.2. The highest BCUT2D eigenvalue weighted by Crippen LogP contribution is 2.19. The maximum absolute atomic E-state index is 12.2. The average Bonchev–Trinajstić information content (AvgIpc) is 2.80. The summed E-state index contributed by atoms with van der Waals surface area (Å²) in [7, 11) is 0. The molecule has 2 rings (SSSR count). The number of nitrogens with zero attached hydrogens (tertiary/aromatic N) is 2. The predicted octanol–water partition coefficient (Wildman–Crippen LogP) is 4.33. The number of carbonyl (C=O) groups excluding carboxylic acids is 1. The first-order valence-corrected chi connectivity index (χ1v) is 8.64. The summed E-state index contributed by atoms with van der Waals surface area (Å²) in [5, 5.41) is 7.32. The molecule has 0 aliphatic heterocycles. The number of anilines is 1. The molecular weight excluding hydrogens is 340 g/mol. The molecule has 0 unspecified atom stereocenters. The van der Waals surface area contributed by atoms with E-state index in [9.17, 15) is 13.6 Å². The van der Waals surface area contributed by atoms with Crippen LogP contribution in [0.3, 0.4) is 0 Å². The number of benzene rings is 1. The van der Waals surface area contributed by atoms with Gasteiger partial charge in [-0.25, -0.2) is 0 Å². The monoisotopic (exact) mass is 365 g/mol. The molecule has 2 aromatic rings. The summed E-state index contributed by atoms with van der Waals surface area (Å²) in [5.41, 5.74) is 3.68. The number of carbonyl (C=O) groups is 1. The first-order chi connectivity index (χ1) is 12.3. The minimum atomic E-state index is -2.86. The highest BCUT2D eigenvalue weighted by molar-refractivity contribution is 5.90. The molecular formula is C19H25F2N3O2. The fourth-order valence-electron chi connectivity index (χ4n) is 2.80. The number of aryl methyl sites for hydroxylation is 1. The number of ether oxygens (including phenoxy) is 1. The zero-order valence-corrected chi connectivity index (χ0v) is 15.6. The van der Waals surface area contributed by atoms with Crippen LogP contribution in [0.5, 0.6) is 5.75 Å². The van der Waals surface area contributed by atoms with E-state index in [1.54, 1.807) is 0 Å². The van der Waals surface area contributed by atoms with Gasteiger partial charge in [-0.05, 0) is 56.0 Å². The molecule has 0 aliphatic carbocycles. The zero-order valence-electron chi connectivity index (χ0n) is 15.6. The van der Waals surface area contributed by atoms with Crippen LogP contribution >= 0.6 is 0 Å². The van der Waals surface area contributed by atoms with Crippen LogP contribution in [0, 0.1) is 19.8 Å². The Morgan fingerprint density at radius 1 is 1.23 bits per heavy atom. The molecule has 1 amide bonds. The first-order valence-electron chi connectivity index (χ1n) is 8.64. The quantitative estimate of drug-likeness (QED) is 0.758. The molecule has 0 saturated heterocycles. The van der Waals surface area contributed by atoms with Gasteiger partial charge < -0.3 is 10.1 Å². The summed E-state index contributed by atoms with van der Waals surface area (Å²) < 4.78 is 30.5. The molecule has 7 heteroatoms. The highest BCUT2D eigenvalue weighted by atomic mass is 19.3. The topological polar surface area (TPSA) is 56.2 Å². The SMILES string of the molecule is Cc1nn(CC(C)C)c(C)c1CCC(=O)Nc1ccc(OC(F)F)cc1. The lowest BCUT2D eigenvalue weighted by Crippen LogP contribution is -2.13. The Hall–Kier alpha value is -2.44. The molecule has 0 saturated carbocycles. The maximum atomic E-state index is 12.2. The van der Waals surface area contributed by atoms with Gasteiger partial charge in [0.1, 0.15) is 5.75 Å². The maximum Gasteiger partial charge on any atom is 0.387 e. The minimum absolute atomic E-state index is 0.0572. The van der Waals surface area contributed by atoms with Gasteiger partial charge >= 0.3 is 6.61 Å². The van der Waals surface area contributed by atoms with Gasteiger partial charge in [0.15, 0.2) is 0 Å². The van der Waals surface area contributed by atoms with Crippen LogP contribution in [0.15, 0.2) is 24.3 Å². The summed E-state index contributed by atoms with van der Waals surface area (Å²) in [5.74, 6) is 0.422. The van der Waals surface area contributed by atoms with Crippen LogP contribution in [0.4, 0.5) is 14.5 Å². The molecule has 0 bridgehead atoms. The molecule has 26 heavy (non-hydrogen) atoms. The van der Waals surface area contributed by atoms with Crippen LogP contribution in [0.2, 0.25) is 0 Å². The normalized spacial score (nSPS) is 11.2. The molecule has 142 valence electrons. The van der Waals surface area contributed by atoms with Gasteiger partial charge in [0.25, 0.3) is 0 Å². The fourth-order valence-corrected chi connectivity index (χ4v) is 2.80. The van der Waals surface area contributed by atoms with Crippen molar-refractivity contribution in [2.24, 2.45) is 5.92 Å². The Morgan fingerprint density at radius 3 is 2.46 bits per heavy atom. The third kappa shape index (κ3) is 5.54. The number of hydrogen-bond acceptors (Lipinski definition) is 3. The van der Waals surface area contributed by atoms with E-state index in [1.165, 1.54) is 24.3 Å². The second kappa shape index (κ2) is 8.78. The van der Waals surface area contributed by atoms with Gasteiger partial charge in [-0.2, -0.15) is 13.9 Å². The van der Waals surface area contributed by atoms with Crippen molar-refractivity contribution in [1.29, 1.82) is 0 Å². The van der Waals surface area contributed by atoms with Gasteiger partial charge in [-0.3, -0.25) is 9.48 Å². The molecule has 1 aromatic heterocycles. The number of rotatable bonds is 8. The minimum Gasteiger partial charge on any atom is -0.435 e. The fraction of sp³-hybridized carbons (Fsp3) is 0.474. The van der Waals surface area contributed by atoms with Gasteiger partial charge in [0.2, 0.25) is 5.91 Å². The van der Waals surface area contributed by atoms with Crippen molar-refractivity contribution in [2.45, 2.75) is 53.7 Å². The second-order valence-electron chi connectivity index (χ2n) is 6.68. The smallest absolute Gasteiger partial charge is 0.387 e. The van der Waals surface area contributed by atoms with Gasteiger partial charge in [0.05, 0.1) is 5.69 Å². The number of nitrogens with one attached hydrogen (secondary N) is 1. The molecule has 0 aliphatic rings. The van der Waals surface area contributed by atoms with Crippen molar-refractivity contribution >= 4 is 11.6 Å². The average molecular weight is 365 g/mol. The van der Waals surface area contributed by atoms with Crippen LogP contribution in [0.25, 0.3) is 0 Å². The van der Waals surface area contributed by atoms with Crippen LogP contribution in [-0.2, 0) is 17.8 Å². The second-order valence-corrected chi connectivity index (χ2v) is 6.68. The van der Waals surface area contributed by atoms with Crippen molar-refractivity contribution in [2.75, 3.05) is 5.32 Å². The van der Waals surface area contributed by atoms with E-state index in [1.807, 2.05) is 18.5 Å². The van der Waals surface area contributed by atoms with Gasteiger partial charge in [0, 0.05) is 24.3 Å². The summed E-state index contributed by atoms with van der Waals surface area (Å²) in [6.45, 7) is 6.25. The standard InChI is InChI=1S/C19H25F2N3O2/c1-12(2)11-24-14(4)17(13(3)23-24)9-10-18(25)22-15-5-7-16(8-6-15)26-19(20)21/h5-8,12,19H,9-11H2,1-4H3,(H,22,25). The lowest BCUT2D eigenvalue weighted by atomic mass is 10.1. The van der Waals surface area contributed by atoms with Gasteiger partial charge in [-0.1, -0.05) is 13.8 Å². The van der Waals surface area contributed by atoms with E-state index in [4.69, 9.17) is 0 Å². The Bertz CT molecular complexity index is 740. The van der Waals surface area contributed by atoms with E-state index >= 15 is 0 Å². The van der Waals surface area contributed by atoms with Crippen molar-refractivity contribution < 1.29 is 18.3 Å². The lowest BCUT2D eigenvalue weighted by molar-refractivity contribution is -0.116. The number of hydrogen-bond donors (Lipinski definition) is 1. The summed E-state index contributed by atoms with van der Waals surface area (Å²) in [6, 6.07) is 5.86. The van der Waals surface area contributed by atoms with Crippen molar-refractivity contribution in [3.05, 3.63) is 41.2 Å². The van der Waals surface area contributed by atoms with Crippen LogP contribution in [0.1, 0.15) is 37.2 Å². The highest BCUT2D eigenvalue weighted by Gasteiger charge is 2.14. The lowest BCUT2D eigenvalue weighted by Gasteiger charge is -2.09. The summed E-state index contributed by atoms with van der Waals surface area (Å²) >= 11 is 0. The molecule has 0 fully saturated rings. The van der Waals surface area contributed by atoms with Crippen molar-refractivity contribution in [3.8, 4) is 5.75 Å². The van der Waals surface area contributed by atoms with Crippen LogP contribution in [-0.4, -0.2) is 22.3 Å². The molecule has 1 N–H and O–H groups in total. The number of amides is 1. The Morgan fingerprint density at radius 2 is 1.88 bits per heavy atom. The Kier molecular flexibility index (Phi) is 6.71.